The van der Waals surface area contributed by atoms with Gasteiger partial charge in [0.1, 0.15) is 0 Å². The number of fused-ring (bicyclic) bond motifs is 9. The number of benzene rings is 7. The third-order valence-corrected chi connectivity index (χ3v) is 11.9. The maximum Gasteiger partial charge on any atom is 0.416 e. The van der Waals surface area contributed by atoms with Crippen molar-refractivity contribution in [1.29, 1.82) is 0 Å². The fraction of sp³-hybridized carbons (Fsp3) is 0.0233. The number of aromatic nitrogens is 1. The van der Waals surface area contributed by atoms with E-state index in [1.165, 1.54) is 52.8 Å². The lowest BCUT2D eigenvalue weighted by Gasteiger charge is -2.10. The summed E-state index contributed by atoms with van der Waals surface area (Å²) in [5, 5.41) is 6.26. The first-order valence-corrected chi connectivity index (χ1v) is 17.6. The van der Waals surface area contributed by atoms with E-state index in [0.717, 1.165) is 44.0 Å². The van der Waals surface area contributed by atoms with Crippen molar-refractivity contribution < 1.29 is 13.2 Å². The lowest BCUT2D eigenvalue weighted by molar-refractivity contribution is -0.137. The molecule has 0 aliphatic heterocycles. The van der Waals surface area contributed by atoms with Gasteiger partial charge < -0.3 is 4.57 Å². The fourth-order valence-corrected chi connectivity index (χ4v) is 9.45. The van der Waals surface area contributed by atoms with Crippen molar-refractivity contribution in [2.45, 2.75) is 6.18 Å². The van der Waals surface area contributed by atoms with Crippen LogP contribution in [0.15, 0.2) is 146 Å². The van der Waals surface area contributed by atoms with Gasteiger partial charge in [-0.3, -0.25) is 0 Å². The van der Waals surface area contributed by atoms with Crippen LogP contribution < -0.4 is 0 Å². The van der Waals surface area contributed by atoms with E-state index >= 15 is 0 Å². The van der Waals surface area contributed by atoms with Gasteiger partial charge in [0.2, 0.25) is 0 Å². The molecule has 0 atom stereocenters. The zero-order chi connectivity index (χ0) is 32.9. The monoisotopic (exact) mass is 675 g/mol. The van der Waals surface area contributed by atoms with Gasteiger partial charge in [0.25, 0.3) is 0 Å². The molecule has 1 nitrogen and oxygen atoms in total. The Kier molecular flexibility index (Phi) is 6.14. The molecule has 6 heteroatoms. The first kappa shape index (κ1) is 28.6. The van der Waals surface area contributed by atoms with E-state index in [1.807, 2.05) is 35.6 Å². The third-order valence-electron chi connectivity index (χ3n) is 9.62. The number of rotatable bonds is 3. The van der Waals surface area contributed by atoms with Crippen molar-refractivity contribution in [3.63, 3.8) is 0 Å². The zero-order valence-electron chi connectivity index (χ0n) is 25.8. The highest BCUT2D eigenvalue weighted by Crippen LogP contribution is 2.42. The van der Waals surface area contributed by atoms with Crippen LogP contribution >= 0.6 is 22.7 Å². The molecule has 3 aromatic heterocycles. The van der Waals surface area contributed by atoms with Gasteiger partial charge in [-0.2, -0.15) is 13.2 Å². The average molecular weight is 676 g/mol. The second-order valence-corrected chi connectivity index (χ2v) is 14.6. The van der Waals surface area contributed by atoms with Crippen molar-refractivity contribution in [3.05, 3.63) is 151 Å². The van der Waals surface area contributed by atoms with E-state index in [9.17, 15) is 13.2 Å². The second kappa shape index (κ2) is 10.5. The SMILES string of the molecule is FC(F)(F)c1ccc2c(c1)c1ccccc1n2-c1ccc2sc3ccc(-c4cccc(-c5ccc6sc7ccccc7c6c5)c4)cc3c2c1. The van der Waals surface area contributed by atoms with Crippen LogP contribution in [0.25, 0.3) is 90.1 Å². The average Bonchev–Trinajstić information content (AvgIpc) is 3.79. The van der Waals surface area contributed by atoms with Crippen molar-refractivity contribution in [1.82, 2.24) is 4.57 Å². The number of hydrogen-bond donors (Lipinski definition) is 0. The summed E-state index contributed by atoms with van der Waals surface area (Å²) < 4.78 is 48.1. The zero-order valence-corrected chi connectivity index (χ0v) is 27.4. The van der Waals surface area contributed by atoms with E-state index in [0.29, 0.717) is 5.39 Å². The van der Waals surface area contributed by atoms with Crippen LogP contribution in [0.2, 0.25) is 0 Å². The highest BCUT2D eigenvalue weighted by molar-refractivity contribution is 7.26. The van der Waals surface area contributed by atoms with Crippen molar-refractivity contribution in [2.24, 2.45) is 0 Å². The number of halogens is 3. The molecule has 49 heavy (non-hydrogen) atoms. The van der Waals surface area contributed by atoms with Gasteiger partial charge >= 0.3 is 6.18 Å². The van der Waals surface area contributed by atoms with Crippen LogP contribution in [0.1, 0.15) is 5.56 Å². The first-order valence-electron chi connectivity index (χ1n) is 16.0. The maximum absolute atomic E-state index is 13.7. The lowest BCUT2D eigenvalue weighted by Crippen LogP contribution is -2.04. The van der Waals surface area contributed by atoms with Crippen molar-refractivity contribution in [3.8, 4) is 27.9 Å². The quantitative estimate of drug-likeness (QED) is 0.176. The van der Waals surface area contributed by atoms with Crippen LogP contribution in [-0.4, -0.2) is 4.57 Å². The van der Waals surface area contributed by atoms with E-state index in [4.69, 9.17) is 0 Å². The molecule has 10 rings (SSSR count). The van der Waals surface area contributed by atoms with Crippen LogP contribution in [0.3, 0.4) is 0 Å². The van der Waals surface area contributed by atoms with Gasteiger partial charge in [0.05, 0.1) is 16.6 Å². The van der Waals surface area contributed by atoms with Gasteiger partial charge in [-0.15, -0.1) is 22.7 Å². The number of nitrogens with zero attached hydrogens (tertiary/aromatic N) is 1. The van der Waals surface area contributed by atoms with Crippen LogP contribution in [-0.2, 0) is 6.18 Å². The van der Waals surface area contributed by atoms with E-state index in [-0.39, 0.29) is 0 Å². The summed E-state index contributed by atoms with van der Waals surface area (Å²) >= 11 is 3.58. The van der Waals surface area contributed by atoms with Crippen LogP contribution in [0, 0.1) is 0 Å². The van der Waals surface area contributed by atoms with Gasteiger partial charge in [-0.05, 0) is 101 Å². The highest BCUT2D eigenvalue weighted by atomic mass is 32.1. The van der Waals surface area contributed by atoms with Crippen LogP contribution in [0.5, 0.6) is 0 Å². The topological polar surface area (TPSA) is 4.93 Å². The summed E-state index contributed by atoms with van der Waals surface area (Å²) in [5.74, 6) is 0. The van der Waals surface area contributed by atoms with Crippen molar-refractivity contribution in [2.75, 3.05) is 0 Å². The maximum atomic E-state index is 13.7. The molecule has 0 aliphatic carbocycles. The molecule has 0 N–H and O–H groups in total. The lowest BCUT2D eigenvalue weighted by atomic mass is 9.97. The molecule has 0 fully saturated rings. The summed E-state index contributed by atoms with van der Waals surface area (Å²) in [6, 6.07) is 48.8. The second-order valence-electron chi connectivity index (χ2n) is 12.5. The Hall–Kier alpha value is -5.43. The largest absolute Gasteiger partial charge is 0.416 e. The Labute approximate surface area is 286 Å². The molecular formula is C43H24F3NS2. The number of thiophene rings is 2. The Morgan fingerprint density at radius 2 is 0.939 bits per heavy atom. The molecule has 0 unspecified atom stereocenters. The molecule has 0 aliphatic rings. The van der Waals surface area contributed by atoms with Gasteiger partial charge in [0.15, 0.2) is 0 Å². The molecule has 7 aromatic carbocycles. The smallest absolute Gasteiger partial charge is 0.309 e. The molecule has 0 spiro atoms. The molecule has 0 saturated carbocycles. The van der Waals surface area contributed by atoms with Gasteiger partial charge in [-0.1, -0.05) is 66.7 Å². The van der Waals surface area contributed by atoms with E-state index in [2.05, 4.69) is 108 Å². The Bertz CT molecular complexity index is 2940. The van der Waals surface area contributed by atoms with Gasteiger partial charge in [0, 0.05) is 56.8 Å². The van der Waals surface area contributed by atoms with E-state index in [1.54, 1.807) is 17.4 Å². The first-order chi connectivity index (χ1) is 23.9. The Morgan fingerprint density at radius 3 is 1.65 bits per heavy atom. The molecule has 3 heterocycles. The minimum Gasteiger partial charge on any atom is -0.309 e. The number of alkyl halides is 3. The Balaban J connectivity index is 1.10. The third kappa shape index (κ3) is 4.52. The van der Waals surface area contributed by atoms with Crippen molar-refractivity contribution >= 4 is 84.8 Å². The standard InChI is InChI=1S/C43H24F3NS2/c44-43(45,46)29-14-16-38-33(23-29)31-8-1-3-10-37(31)47(38)30-15-19-42-36(24-30)35-22-28(13-18-41(35)49-42)26-7-5-6-25(20-26)27-12-17-40-34(21-27)32-9-2-4-11-39(32)48-40/h1-24H. The summed E-state index contributed by atoms with van der Waals surface area (Å²) in [6.07, 6.45) is -4.41. The summed E-state index contributed by atoms with van der Waals surface area (Å²) in [7, 11) is 0. The number of hydrogen-bond acceptors (Lipinski definition) is 2. The Morgan fingerprint density at radius 1 is 0.388 bits per heavy atom. The number of para-hydroxylation sites is 1. The highest BCUT2D eigenvalue weighted by Gasteiger charge is 2.31. The predicted molar refractivity (Wildman–Crippen MR) is 202 cm³/mol. The van der Waals surface area contributed by atoms with Crippen LogP contribution in [0.4, 0.5) is 13.2 Å². The minimum absolute atomic E-state index is 0.592. The summed E-state index contributed by atoms with van der Waals surface area (Å²) in [4.78, 5) is 0. The molecular weight excluding hydrogens is 652 g/mol. The molecule has 0 saturated heterocycles. The summed E-state index contributed by atoms with van der Waals surface area (Å²) in [5.41, 5.74) is 6.55. The predicted octanol–water partition coefficient (Wildman–Crippen LogP) is 13.9. The minimum atomic E-state index is -4.41. The fourth-order valence-electron chi connectivity index (χ4n) is 7.30. The summed E-state index contributed by atoms with van der Waals surface area (Å²) in [6.45, 7) is 0. The molecule has 0 amide bonds. The normalized spacial score (nSPS) is 12.4. The molecule has 10 aromatic rings. The van der Waals surface area contributed by atoms with Gasteiger partial charge in [-0.25, -0.2) is 0 Å². The van der Waals surface area contributed by atoms with E-state index < -0.39 is 11.7 Å². The molecule has 0 bridgehead atoms. The molecule has 0 radical (unpaired) electrons. The molecule has 234 valence electrons.